The van der Waals surface area contributed by atoms with E-state index in [-0.39, 0.29) is 5.97 Å². The number of hydrogen-bond donors (Lipinski definition) is 1. The first-order valence-electron chi connectivity index (χ1n) is 5.67. The second-order valence-corrected chi connectivity index (χ2v) is 4.00. The minimum atomic E-state index is -0.968. The van der Waals surface area contributed by atoms with Crippen molar-refractivity contribution in [3.63, 3.8) is 0 Å². The maximum Gasteiger partial charge on any atom is 0.330 e. The monoisotopic (exact) mass is 234 g/mol. The number of esters is 1. The van der Waals surface area contributed by atoms with E-state index in [1.54, 1.807) is 19.9 Å². The van der Waals surface area contributed by atoms with Crippen LogP contribution in [0.5, 0.6) is 0 Å². The predicted molar refractivity (Wildman–Crippen MR) is 66.4 cm³/mol. The quantitative estimate of drug-likeness (QED) is 0.628. The van der Waals surface area contributed by atoms with E-state index < -0.39 is 5.60 Å². The lowest BCUT2D eigenvalue weighted by molar-refractivity contribution is -0.137. The van der Waals surface area contributed by atoms with Crippen molar-refractivity contribution in [3.05, 3.63) is 48.0 Å². The summed E-state index contributed by atoms with van der Waals surface area (Å²) in [4.78, 5) is 11.1. The molecule has 3 nitrogen and oxygen atoms in total. The van der Waals surface area contributed by atoms with Gasteiger partial charge in [-0.1, -0.05) is 36.4 Å². The van der Waals surface area contributed by atoms with Crippen molar-refractivity contribution in [1.82, 2.24) is 0 Å². The van der Waals surface area contributed by atoms with Crippen LogP contribution in [0, 0.1) is 0 Å². The number of benzene rings is 1. The zero-order chi connectivity index (χ0) is 12.7. The van der Waals surface area contributed by atoms with E-state index >= 15 is 0 Å². The van der Waals surface area contributed by atoms with Gasteiger partial charge in [-0.15, -0.1) is 0 Å². The highest BCUT2D eigenvalue weighted by atomic mass is 16.5. The summed E-state index contributed by atoms with van der Waals surface area (Å²) >= 11 is 0. The molecule has 0 bridgehead atoms. The first-order chi connectivity index (χ1) is 8.06. The fraction of sp³-hybridized carbons (Fsp3) is 0.357. The fourth-order valence-electron chi connectivity index (χ4n) is 1.49. The largest absolute Gasteiger partial charge is 0.463 e. The second kappa shape index (κ2) is 6.21. The number of carbonyl (C=O) groups excluding carboxylic acids is 1. The maximum absolute atomic E-state index is 11.1. The molecule has 1 atom stereocenters. The number of rotatable bonds is 5. The summed E-state index contributed by atoms with van der Waals surface area (Å²) in [5.74, 6) is -0.378. The highest BCUT2D eigenvalue weighted by Crippen LogP contribution is 2.24. The summed E-state index contributed by atoms with van der Waals surface area (Å²) in [6.07, 6.45) is 3.35. The van der Waals surface area contributed by atoms with Crippen molar-refractivity contribution in [2.45, 2.75) is 25.9 Å². The van der Waals surface area contributed by atoms with Gasteiger partial charge in [0.05, 0.1) is 12.2 Å². The molecule has 3 heteroatoms. The third kappa shape index (κ3) is 4.41. The molecular weight excluding hydrogens is 216 g/mol. The second-order valence-electron chi connectivity index (χ2n) is 4.00. The van der Waals surface area contributed by atoms with Crippen LogP contribution in [0.1, 0.15) is 25.8 Å². The Labute approximate surface area is 102 Å². The predicted octanol–water partition coefficient (Wildman–Crippen LogP) is 2.40. The molecule has 0 radical (unpaired) electrons. The molecule has 1 aromatic carbocycles. The molecule has 17 heavy (non-hydrogen) atoms. The van der Waals surface area contributed by atoms with Crippen LogP contribution >= 0.6 is 0 Å². The summed E-state index contributed by atoms with van der Waals surface area (Å²) < 4.78 is 4.75. The van der Waals surface area contributed by atoms with Crippen molar-refractivity contribution < 1.29 is 14.6 Å². The Bertz CT molecular complexity index is 380. The zero-order valence-corrected chi connectivity index (χ0v) is 10.2. The van der Waals surface area contributed by atoms with Crippen LogP contribution in [-0.2, 0) is 15.1 Å². The summed E-state index contributed by atoms with van der Waals surface area (Å²) in [6.45, 7) is 3.84. The Morgan fingerprint density at radius 1 is 1.41 bits per heavy atom. The van der Waals surface area contributed by atoms with Gasteiger partial charge in [0.15, 0.2) is 0 Å². The molecule has 0 aromatic heterocycles. The van der Waals surface area contributed by atoms with Crippen LogP contribution in [0.25, 0.3) is 0 Å². The van der Waals surface area contributed by atoms with Gasteiger partial charge in [-0.2, -0.15) is 0 Å². The first kappa shape index (κ1) is 13.5. The zero-order valence-electron chi connectivity index (χ0n) is 10.2. The van der Waals surface area contributed by atoms with E-state index in [2.05, 4.69) is 0 Å². The normalized spacial score (nSPS) is 14.5. The van der Waals surface area contributed by atoms with Crippen molar-refractivity contribution in [2.24, 2.45) is 0 Å². The van der Waals surface area contributed by atoms with E-state index in [4.69, 9.17) is 4.74 Å². The van der Waals surface area contributed by atoms with Crippen LogP contribution in [-0.4, -0.2) is 17.7 Å². The Morgan fingerprint density at radius 3 is 2.65 bits per heavy atom. The first-order valence-corrected chi connectivity index (χ1v) is 5.67. The third-order valence-corrected chi connectivity index (χ3v) is 2.45. The number of carbonyl (C=O) groups is 1. The van der Waals surface area contributed by atoms with Crippen molar-refractivity contribution >= 4 is 5.97 Å². The van der Waals surface area contributed by atoms with Gasteiger partial charge in [0.2, 0.25) is 0 Å². The highest BCUT2D eigenvalue weighted by molar-refractivity contribution is 5.81. The van der Waals surface area contributed by atoms with Gasteiger partial charge in [-0.05, 0) is 25.8 Å². The Morgan fingerprint density at radius 2 is 2.06 bits per heavy atom. The number of hydrogen-bond acceptors (Lipinski definition) is 3. The molecule has 0 fully saturated rings. The molecule has 0 saturated carbocycles. The van der Waals surface area contributed by atoms with E-state index in [0.717, 1.165) is 5.56 Å². The molecule has 1 aromatic rings. The van der Waals surface area contributed by atoms with E-state index in [1.165, 1.54) is 6.08 Å². The molecule has 0 heterocycles. The standard InChI is InChI=1S/C14H18O3/c1-3-17-13(15)10-7-11-14(2,16)12-8-5-4-6-9-12/h4-10,16H,3,11H2,1-2H3/b10-7+. The average molecular weight is 234 g/mol. The molecule has 1 unspecified atom stereocenters. The van der Waals surface area contributed by atoms with Crippen molar-refractivity contribution in [2.75, 3.05) is 6.61 Å². The molecule has 1 N–H and O–H groups in total. The lowest BCUT2D eigenvalue weighted by atomic mass is 9.92. The fourth-order valence-corrected chi connectivity index (χ4v) is 1.49. The van der Waals surface area contributed by atoms with Gasteiger partial charge < -0.3 is 9.84 Å². The van der Waals surface area contributed by atoms with Crippen LogP contribution in [0.2, 0.25) is 0 Å². The van der Waals surface area contributed by atoms with Crippen LogP contribution in [0.3, 0.4) is 0 Å². The molecule has 1 rings (SSSR count). The average Bonchev–Trinajstić information content (AvgIpc) is 2.30. The van der Waals surface area contributed by atoms with Crippen LogP contribution in [0.4, 0.5) is 0 Å². The van der Waals surface area contributed by atoms with Gasteiger partial charge in [0.25, 0.3) is 0 Å². The summed E-state index contributed by atoms with van der Waals surface area (Å²) in [7, 11) is 0. The lowest BCUT2D eigenvalue weighted by Crippen LogP contribution is -2.19. The molecule has 0 amide bonds. The van der Waals surface area contributed by atoms with Crippen LogP contribution in [0.15, 0.2) is 42.5 Å². The molecule has 0 spiro atoms. The molecule has 0 aliphatic heterocycles. The molecule has 0 aliphatic rings. The van der Waals surface area contributed by atoms with E-state index in [1.807, 2.05) is 30.3 Å². The minimum absolute atomic E-state index is 0.359. The smallest absolute Gasteiger partial charge is 0.330 e. The molecule has 0 saturated heterocycles. The van der Waals surface area contributed by atoms with Gasteiger partial charge in [0.1, 0.15) is 0 Å². The SMILES string of the molecule is CCOC(=O)/C=C/CC(C)(O)c1ccccc1. The van der Waals surface area contributed by atoms with E-state index in [0.29, 0.717) is 13.0 Å². The third-order valence-electron chi connectivity index (χ3n) is 2.45. The summed E-state index contributed by atoms with van der Waals surface area (Å²) in [5, 5.41) is 10.2. The van der Waals surface area contributed by atoms with Gasteiger partial charge in [-0.25, -0.2) is 4.79 Å². The summed E-state index contributed by atoms with van der Waals surface area (Å²) in [6, 6.07) is 9.36. The highest BCUT2D eigenvalue weighted by Gasteiger charge is 2.20. The van der Waals surface area contributed by atoms with Gasteiger partial charge >= 0.3 is 5.97 Å². The van der Waals surface area contributed by atoms with Gasteiger partial charge in [-0.3, -0.25) is 0 Å². The Balaban J connectivity index is 2.59. The summed E-state index contributed by atoms with van der Waals surface area (Å²) in [5.41, 5.74) is -0.141. The van der Waals surface area contributed by atoms with Crippen molar-refractivity contribution in [1.29, 1.82) is 0 Å². The molecule has 92 valence electrons. The van der Waals surface area contributed by atoms with Gasteiger partial charge in [0, 0.05) is 6.08 Å². The Kier molecular flexibility index (Phi) is 4.91. The number of ether oxygens (including phenoxy) is 1. The number of aliphatic hydroxyl groups is 1. The molecular formula is C14H18O3. The van der Waals surface area contributed by atoms with Crippen LogP contribution < -0.4 is 0 Å². The maximum atomic E-state index is 11.1. The topological polar surface area (TPSA) is 46.5 Å². The van der Waals surface area contributed by atoms with E-state index in [9.17, 15) is 9.90 Å². The lowest BCUT2D eigenvalue weighted by Gasteiger charge is -2.21. The van der Waals surface area contributed by atoms with Crippen molar-refractivity contribution in [3.8, 4) is 0 Å². The Hall–Kier alpha value is -1.61. The molecule has 0 aliphatic carbocycles. The minimum Gasteiger partial charge on any atom is -0.463 e.